The van der Waals surface area contributed by atoms with Crippen molar-refractivity contribution in [1.82, 2.24) is 0 Å². The lowest BCUT2D eigenvalue weighted by molar-refractivity contribution is -0.123. The zero-order valence-corrected chi connectivity index (χ0v) is 13.2. The highest BCUT2D eigenvalue weighted by atomic mass is 16.5. The highest BCUT2D eigenvalue weighted by Gasteiger charge is 2.03. The Bertz CT molecular complexity index is 240. The molecule has 0 aliphatic rings. The number of primary amides is 1. The summed E-state index contributed by atoms with van der Waals surface area (Å²) in [7, 11) is 0. The highest BCUT2D eigenvalue weighted by Crippen LogP contribution is 1.97. The smallest absolute Gasteiger partial charge is 0.243 e. The lowest BCUT2D eigenvalue weighted by atomic mass is 10.2. The van der Waals surface area contributed by atoms with E-state index in [1.165, 1.54) is 0 Å². The molecule has 0 aliphatic heterocycles. The van der Waals surface area contributed by atoms with Gasteiger partial charge in [0.05, 0.1) is 52.9 Å². The van der Waals surface area contributed by atoms with E-state index in [4.69, 9.17) is 29.4 Å². The van der Waals surface area contributed by atoms with Crippen LogP contribution in [0.5, 0.6) is 0 Å². The topological polar surface area (TPSA) is 89.2 Å². The maximum atomic E-state index is 10.4. The molecule has 1 unspecified atom stereocenters. The molecule has 0 rings (SSSR count). The second-order valence-corrected chi connectivity index (χ2v) is 4.58. The fourth-order valence-corrected chi connectivity index (χ4v) is 1.39. The molecular formula is C14H29NO6. The summed E-state index contributed by atoms with van der Waals surface area (Å²) in [6.45, 7) is 9.02. The van der Waals surface area contributed by atoms with Gasteiger partial charge in [0, 0.05) is 12.5 Å². The molecule has 0 saturated carbocycles. The SMILES string of the molecule is CCOCCOCCOCC(C)COCCOCC(N)=O. The number of ether oxygens (including phenoxy) is 5. The Hall–Kier alpha value is -0.730. The zero-order valence-electron chi connectivity index (χ0n) is 13.2. The fraction of sp³-hybridized carbons (Fsp3) is 0.929. The number of hydrogen-bond donors (Lipinski definition) is 1. The van der Waals surface area contributed by atoms with Crippen LogP contribution in [0.2, 0.25) is 0 Å². The quantitative estimate of drug-likeness (QED) is 0.410. The molecule has 0 radical (unpaired) electrons. The number of carbonyl (C=O) groups is 1. The van der Waals surface area contributed by atoms with E-state index in [1.54, 1.807) is 0 Å². The third kappa shape index (κ3) is 17.2. The van der Waals surface area contributed by atoms with Crippen LogP contribution in [-0.4, -0.2) is 72.0 Å². The summed E-state index contributed by atoms with van der Waals surface area (Å²) in [4.78, 5) is 10.4. The first-order valence-corrected chi connectivity index (χ1v) is 7.33. The average Bonchev–Trinajstić information content (AvgIpc) is 2.45. The second-order valence-electron chi connectivity index (χ2n) is 4.58. The van der Waals surface area contributed by atoms with E-state index in [1.807, 2.05) is 13.8 Å². The standard InChI is InChI=1S/C14H29NO6/c1-3-17-4-5-18-6-7-19-10-13(2)11-20-8-9-21-12-14(15)16/h13H,3-12H2,1-2H3,(H2,15,16). The molecular weight excluding hydrogens is 278 g/mol. The van der Waals surface area contributed by atoms with Crippen LogP contribution in [0.4, 0.5) is 0 Å². The first-order chi connectivity index (χ1) is 10.2. The van der Waals surface area contributed by atoms with E-state index in [0.717, 1.165) is 0 Å². The van der Waals surface area contributed by atoms with Crippen LogP contribution >= 0.6 is 0 Å². The van der Waals surface area contributed by atoms with Crippen molar-refractivity contribution in [3.05, 3.63) is 0 Å². The Balaban J connectivity index is 3.16. The molecule has 0 fully saturated rings. The molecule has 0 heterocycles. The minimum atomic E-state index is -0.472. The maximum Gasteiger partial charge on any atom is 0.243 e. The summed E-state index contributed by atoms with van der Waals surface area (Å²) in [5.41, 5.74) is 4.93. The lowest BCUT2D eigenvalue weighted by Gasteiger charge is -2.12. The summed E-state index contributed by atoms with van der Waals surface area (Å²) in [6.07, 6.45) is 0. The molecule has 7 nitrogen and oxygen atoms in total. The Morgan fingerprint density at radius 1 is 0.857 bits per heavy atom. The molecule has 0 spiro atoms. The Morgan fingerprint density at radius 3 is 1.86 bits per heavy atom. The third-order valence-corrected chi connectivity index (χ3v) is 2.37. The third-order valence-electron chi connectivity index (χ3n) is 2.37. The van der Waals surface area contributed by atoms with Crippen LogP contribution < -0.4 is 5.73 Å². The van der Waals surface area contributed by atoms with Gasteiger partial charge in [-0.25, -0.2) is 0 Å². The normalized spacial score (nSPS) is 12.5. The second kappa shape index (κ2) is 15.7. The molecule has 0 aromatic carbocycles. The van der Waals surface area contributed by atoms with E-state index in [0.29, 0.717) is 65.4 Å². The number of carbonyl (C=O) groups excluding carboxylic acids is 1. The minimum absolute atomic E-state index is 0.0642. The Kier molecular flexibility index (Phi) is 15.1. The average molecular weight is 307 g/mol. The first kappa shape index (κ1) is 20.3. The van der Waals surface area contributed by atoms with E-state index in [-0.39, 0.29) is 6.61 Å². The molecule has 21 heavy (non-hydrogen) atoms. The molecule has 2 N–H and O–H groups in total. The largest absolute Gasteiger partial charge is 0.379 e. The minimum Gasteiger partial charge on any atom is -0.379 e. The van der Waals surface area contributed by atoms with Gasteiger partial charge >= 0.3 is 0 Å². The van der Waals surface area contributed by atoms with Crippen molar-refractivity contribution in [2.75, 3.05) is 66.1 Å². The molecule has 0 bridgehead atoms. The molecule has 1 atom stereocenters. The lowest BCUT2D eigenvalue weighted by Crippen LogP contribution is -2.21. The van der Waals surface area contributed by atoms with Crippen molar-refractivity contribution >= 4 is 5.91 Å². The monoisotopic (exact) mass is 307 g/mol. The molecule has 126 valence electrons. The molecule has 0 saturated heterocycles. The van der Waals surface area contributed by atoms with Crippen LogP contribution in [0, 0.1) is 5.92 Å². The summed E-state index contributed by atoms with van der Waals surface area (Å²) in [5.74, 6) is -0.176. The van der Waals surface area contributed by atoms with Gasteiger partial charge in [0.2, 0.25) is 5.91 Å². The van der Waals surface area contributed by atoms with Gasteiger partial charge in [-0.15, -0.1) is 0 Å². The van der Waals surface area contributed by atoms with E-state index < -0.39 is 5.91 Å². The van der Waals surface area contributed by atoms with Gasteiger partial charge in [0.1, 0.15) is 6.61 Å². The van der Waals surface area contributed by atoms with Crippen LogP contribution in [0.15, 0.2) is 0 Å². The maximum absolute atomic E-state index is 10.4. The molecule has 7 heteroatoms. The number of amides is 1. The van der Waals surface area contributed by atoms with E-state index in [2.05, 4.69) is 0 Å². The summed E-state index contributed by atoms with van der Waals surface area (Å²) in [5, 5.41) is 0. The Labute approximate surface area is 127 Å². The predicted molar refractivity (Wildman–Crippen MR) is 78.1 cm³/mol. The molecule has 1 amide bonds. The van der Waals surface area contributed by atoms with Gasteiger partial charge < -0.3 is 29.4 Å². The van der Waals surface area contributed by atoms with Gasteiger partial charge in [-0.05, 0) is 6.92 Å². The van der Waals surface area contributed by atoms with Gasteiger partial charge in [-0.1, -0.05) is 6.92 Å². The van der Waals surface area contributed by atoms with Crippen LogP contribution in [0.3, 0.4) is 0 Å². The van der Waals surface area contributed by atoms with Crippen molar-refractivity contribution in [1.29, 1.82) is 0 Å². The van der Waals surface area contributed by atoms with Crippen LogP contribution in [-0.2, 0) is 28.5 Å². The summed E-state index contributed by atoms with van der Waals surface area (Å²) >= 11 is 0. The zero-order chi connectivity index (χ0) is 15.8. The van der Waals surface area contributed by atoms with Crippen LogP contribution in [0.1, 0.15) is 13.8 Å². The first-order valence-electron chi connectivity index (χ1n) is 7.33. The molecule has 0 aromatic heterocycles. The summed E-state index contributed by atoms with van der Waals surface area (Å²) in [6, 6.07) is 0. The van der Waals surface area contributed by atoms with Crippen molar-refractivity contribution < 1.29 is 28.5 Å². The highest BCUT2D eigenvalue weighted by molar-refractivity contribution is 5.74. The van der Waals surface area contributed by atoms with E-state index >= 15 is 0 Å². The van der Waals surface area contributed by atoms with Crippen molar-refractivity contribution in [2.24, 2.45) is 11.7 Å². The number of nitrogens with two attached hydrogens (primary N) is 1. The van der Waals surface area contributed by atoms with Crippen molar-refractivity contribution in [3.63, 3.8) is 0 Å². The number of rotatable bonds is 16. The van der Waals surface area contributed by atoms with Gasteiger partial charge in [-0.2, -0.15) is 0 Å². The molecule has 0 aromatic rings. The van der Waals surface area contributed by atoms with Gasteiger partial charge in [0.15, 0.2) is 0 Å². The Morgan fingerprint density at radius 2 is 1.33 bits per heavy atom. The van der Waals surface area contributed by atoms with Gasteiger partial charge in [0.25, 0.3) is 0 Å². The number of hydrogen-bond acceptors (Lipinski definition) is 6. The van der Waals surface area contributed by atoms with Crippen molar-refractivity contribution in [2.45, 2.75) is 13.8 Å². The fourth-order valence-electron chi connectivity index (χ4n) is 1.39. The van der Waals surface area contributed by atoms with E-state index in [9.17, 15) is 4.79 Å². The molecule has 0 aliphatic carbocycles. The predicted octanol–water partition coefficient (Wildman–Crippen LogP) is 0.211. The van der Waals surface area contributed by atoms with Gasteiger partial charge in [-0.3, -0.25) is 4.79 Å². The summed E-state index contributed by atoms with van der Waals surface area (Å²) < 4.78 is 26.3. The van der Waals surface area contributed by atoms with Crippen LogP contribution in [0.25, 0.3) is 0 Å². The van der Waals surface area contributed by atoms with Crippen molar-refractivity contribution in [3.8, 4) is 0 Å².